The second-order valence-corrected chi connectivity index (χ2v) is 8.32. The van der Waals surface area contributed by atoms with E-state index in [9.17, 15) is 4.79 Å². The molecule has 4 rings (SSSR count). The number of unbranched alkanes of at least 4 members (excludes halogenated alkanes) is 1. The molecule has 1 aliphatic heterocycles. The Kier molecular flexibility index (Phi) is 6.20. The van der Waals surface area contributed by atoms with Gasteiger partial charge in [0.25, 0.3) is 0 Å². The molecular weight excluding hydrogens is 420 g/mol. The molecule has 0 saturated carbocycles. The maximum Gasteiger partial charge on any atom is 0.247 e. The number of anilines is 1. The molecule has 30 heavy (non-hydrogen) atoms. The smallest absolute Gasteiger partial charge is 0.247 e. The van der Waals surface area contributed by atoms with Crippen LogP contribution in [0.3, 0.4) is 0 Å². The molecule has 1 amide bonds. The second-order valence-electron chi connectivity index (χ2n) is 6.85. The van der Waals surface area contributed by atoms with E-state index < -0.39 is 6.23 Å². The third-order valence-corrected chi connectivity index (χ3v) is 6.02. The highest BCUT2D eigenvalue weighted by Crippen LogP contribution is 2.44. The van der Waals surface area contributed by atoms with E-state index in [0.29, 0.717) is 33.0 Å². The lowest BCUT2D eigenvalue weighted by Crippen LogP contribution is -2.36. The number of hydrogen-bond acceptors (Lipinski definition) is 6. The molecule has 154 valence electrons. The first-order chi connectivity index (χ1) is 14.6. The number of benzene rings is 2. The molecule has 0 bridgehead atoms. The van der Waals surface area contributed by atoms with Crippen molar-refractivity contribution in [2.24, 2.45) is 0 Å². The Hall–Kier alpha value is -2.64. The molecule has 3 aromatic rings. The summed E-state index contributed by atoms with van der Waals surface area (Å²) in [5.74, 6) is 1.07. The Morgan fingerprint density at radius 2 is 1.93 bits per heavy atom. The predicted molar refractivity (Wildman–Crippen MR) is 119 cm³/mol. The molecule has 0 fully saturated rings. The first kappa shape index (κ1) is 20.6. The lowest BCUT2D eigenvalue weighted by atomic mass is 10.1. The normalized spacial score (nSPS) is 15.0. The molecule has 0 spiro atoms. The molecule has 0 saturated heterocycles. The average molecular weight is 441 g/mol. The molecule has 1 aromatic heterocycles. The Labute approximate surface area is 184 Å². The maximum absolute atomic E-state index is 12.7. The first-order valence-electron chi connectivity index (χ1n) is 9.78. The van der Waals surface area contributed by atoms with Crippen LogP contribution in [0.2, 0.25) is 5.02 Å². The Balaban J connectivity index is 1.87. The third-order valence-electron chi connectivity index (χ3n) is 4.75. The standard InChI is InChI=1S/C22H21ClN4O2S/c1-3-4-13-30-22-24-20-19(25-26-22)16-10-6-8-12-18(16)27(14(2)28)21(29-20)15-9-5-7-11-17(15)23/h5-12,21H,3-4,13H2,1-2H3/t21-/m1/s1. The van der Waals surface area contributed by atoms with Gasteiger partial charge in [0.05, 0.1) is 5.69 Å². The van der Waals surface area contributed by atoms with Crippen LogP contribution in [0.15, 0.2) is 53.7 Å². The zero-order chi connectivity index (χ0) is 21.1. The van der Waals surface area contributed by atoms with Gasteiger partial charge in [-0.15, -0.1) is 10.2 Å². The number of carbonyl (C=O) groups is 1. The molecule has 0 unspecified atom stereocenters. The van der Waals surface area contributed by atoms with Crippen molar-refractivity contribution in [1.82, 2.24) is 15.2 Å². The van der Waals surface area contributed by atoms with Crippen LogP contribution in [0.25, 0.3) is 11.3 Å². The molecule has 2 aromatic carbocycles. The summed E-state index contributed by atoms with van der Waals surface area (Å²) in [6.07, 6.45) is 1.39. The molecule has 0 aliphatic carbocycles. The van der Waals surface area contributed by atoms with Crippen molar-refractivity contribution in [3.8, 4) is 17.1 Å². The van der Waals surface area contributed by atoms with Crippen LogP contribution in [0, 0.1) is 0 Å². The van der Waals surface area contributed by atoms with E-state index >= 15 is 0 Å². The van der Waals surface area contributed by atoms with Crippen LogP contribution in [-0.4, -0.2) is 26.8 Å². The van der Waals surface area contributed by atoms with Gasteiger partial charge in [-0.05, 0) is 18.6 Å². The summed E-state index contributed by atoms with van der Waals surface area (Å²) in [4.78, 5) is 19.0. The van der Waals surface area contributed by atoms with Crippen molar-refractivity contribution in [3.63, 3.8) is 0 Å². The highest BCUT2D eigenvalue weighted by Gasteiger charge is 2.35. The fourth-order valence-corrected chi connectivity index (χ4v) is 4.39. The minimum Gasteiger partial charge on any atom is -0.447 e. The summed E-state index contributed by atoms with van der Waals surface area (Å²) in [5.41, 5.74) is 2.60. The van der Waals surface area contributed by atoms with Gasteiger partial charge < -0.3 is 4.74 Å². The fourth-order valence-electron chi connectivity index (χ4n) is 3.30. The number of fused-ring (bicyclic) bond motifs is 3. The largest absolute Gasteiger partial charge is 0.447 e. The topological polar surface area (TPSA) is 68.2 Å². The number of nitrogens with zero attached hydrogens (tertiary/aromatic N) is 4. The summed E-state index contributed by atoms with van der Waals surface area (Å²) >= 11 is 8.02. The lowest BCUT2D eigenvalue weighted by Gasteiger charge is -2.30. The van der Waals surface area contributed by atoms with Gasteiger partial charge in [-0.1, -0.05) is 73.1 Å². The van der Waals surface area contributed by atoms with Crippen LogP contribution in [-0.2, 0) is 4.79 Å². The minimum absolute atomic E-state index is 0.175. The Morgan fingerprint density at radius 3 is 2.70 bits per heavy atom. The van der Waals surface area contributed by atoms with E-state index in [2.05, 4.69) is 22.1 Å². The molecule has 1 atom stereocenters. The Bertz CT molecular complexity index is 1080. The van der Waals surface area contributed by atoms with Crippen LogP contribution < -0.4 is 9.64 Å². The molecular formula is C22H21ClN4O2S. The highest BCUT2D eigenvalue weighted by molar-refractivity contribution is 7.99. The molecule has 1 aliphatic rings. The van der Waals surface area contributed by atoms with Gasteiger partial charge in [0, 0.05) is 28.8 Å². The zero-order valence-electron chi connectivity index (χ0n) is 16.7. The predicted octanol–water partition coefficient (Wildman–Crippen LogP) is 5.53. The van der Waals surface area contributed by atoms with Crippen LogP contribution in [0.5, 0.6) is 5.88 Å². The zero-order valence-corrected chi connectivity index (χ0v) is 18.3. The highest BCUT2D eigenvalue weighted by atomic mass is 35.5. The van der Waals surface area contributed by atoms with Gasteiger partial charge in [0.1, 0.15) is 0 Å². The van der Waals surface area contributed by atoms with Crippen molar-refractivity contribution in [2.75, 3.05) is 10.7 Å². The number of para-hydroxylation sites is 1. The van der Waals surface area contributed by atoms with Crippen LogP contribution in [0.4, 0.5) is 5.69 Å². The van der Waals surface area contributed by atoms with E-state index in [0.717, 1.165) is 24.2 Å². The molecule has 8 heteroatoms. The minimum atomic E-state index is -0.774. The molecule has 6 nitrogen and oxygen atoms in total. The summed E-state index contributed by atoms with van der Waals surface area (Å²) in [5, 5.41) is 9.75. The summed E-state index contributed by atoms with van der Waals surface area (Å²) in [6.45, 7) is 3.65. The summed E-state index contributed by atoms with van der Waals surface area (Å²) < 4.78 is 6.32. The number of aromatic nitrogens is 3. The summed E-state index contributed by atoms with van der Waals surface area (Å²) in [7, 11) is 0. The number of thioether (sulfide) groups is 1. The van der Waals surface area contributed by atoms with E-state index in [1.54, 1.807) is 22.7 Å². The van der Waals surface area contributed by atoms with Crippen molar-refractivity contribution < 1.29 is 9.53 Å². The quantitative estimate of drug-likeness (QED) is 0.384. The van der Waals surface area contributed by atoms with E-state index in [4.69, 9.17) is 16.3 Å². The van der Waals surface area contributed by atoms with Crippen molar-refractivity contribution in [1.29, 1.82) is 0 Å². The van der Waals surface area contributed by atoms with Crippen molar-refractivity contribution in [3.05, 3.63) is 59.1 Å². The number of carbonyl (C=O) groups excluding carboxylic acids is 1. The number of rotatable bonds is 5. The van der Waals surface area contributed by atoms with E-state index in [-0.39, 0.29) is 5.91 Å². The first-order valence-corrected chi connectivity index (χ1v) is 11.1. The fraction of sp³-hybridized carbons (Fsp3) is 0.273. The van der Waals surface area contributed by atoms with Gasteiger partial charge in [-0.2, -0.15) is 4.98 Å². The molecule has 2 heterocycles. The number of amides is 1. The SMILES string of the molecule is CCCCSc1nnc2c(n1)O[C@H](c1ccccc1Cl)N(C(C)=O)c1ccccc1-2. The van der Waals surface area contributed by atoms with Gasteiger partial charge in [-0.25, -0.2) is 0 Å². The van der Waals surface area contributed by atoms with Crippen molar-refractivity contribution >= 4 is 35.0 Å². The van der Waals surface area contributed by atoms with Gasteiger partial charge >= 0.3 is 0 Å². The van der Waals surface area contributed by atoms with Gasteiger partial charge in [0.15, 0.2) is 5.69 Å². The second kappa shape index (κ2) is 9.02. The van der Waals surface area contributed by atoms with Crippen LogP contribution >= 0.6 is 23.4 Å². The van der Waals surface area contributed by atoms with Crippen molar-refractivity contribution in [2.45, 2.75) is 38.1 Å². The molecule has 0 radical (unpaired) electrons. The van der Waals surface area contributed by atoms with Crippen LogP contribution in [0.1, 0.15) is 38.5 Å². The number of hydrogen-bond donors (Lipinski definition) is 0. The van der Waals surface area contributed by atoms with Gasteiger partial charge in [0.2, 0.25) is 23.2 Å². The number of halogens is 1. The van der Waals surface area contributed by atoms with E-state index in [1.165, 1.54) is 6.92 Å². The summed E-state index contributed by atoms with van der Waals surface area (Å²) in [6, 6.07) is 14.9. The van der Waals surface area contributed by atoms with E-state index in [1.807, 2.05) is 42.5 Å². The third kappa shape index (κ3) is 4.00. The average Bonchev–Trinajstić information content (AvgIpc) is 2.88. The van der Waals surface area contributed by atoms with Gasteiger partial charge in [-0.3, -0.25) is 9.69 Å². The Morgan fingerprint density at radius 1 is 1.17 bits per heavy atom. The maximum atomic E-state index is 12.7. The lowest BCUT2D eigenvalue weighted by molar-refractivity contribution is -0.118. The monoisotopic (exact) mass is 440 g/mol. The number of ether oxygens (including phenoxy) is 1. The molecule has 0 N–H and O–H groups in total.